The number of aromatic nitrogens is 1. The molecule has 3 nitrogen and oxygen atoms in total. The lowest BCUT2D eigenvalue weighted by Gasteiger charge is -2.26. The van der Waals surface area contributed by atoms with Gasteiger partial charge in [0.25, 0.3) is 0 Å². The molecule has 3 aromatic rings. The summed E-state index contributed by atoms with van der Waals surface area (Å²) in [6, 6.07) is 12.3. The average molecular weight is 382 g/mol. The summed E-state index contributed by atoms with van der Waals surface area (Å²) in [5.41, 5.74) is 5.32. The molecule has 0 saturated carbocycles. The molecule has 0 N–H and O–H groups in total. The van der Waals surface area contributed by atoms with Gasteiger partial charge in [-0.2, -0.15) is 0 Å². The number of ether oxygens (including phenoxy) is 1. The molecule has 0 radical (unpaired) electrons. The monoisotopic (exact) mass is 381 g/mol. The number of benzene rings is 2. The maximum atomic E-state index is 11.8. The van der Waals surface area contributed by atoms with Crippen molar-refractivity contribution in [2.24, 2.45) is 0 Å². The lowest BCUT2D eigenvalue weighted by atomic mass is 9.79. The van der Waals surface area contributed by atoms with Crippen LogP contribution in [0, 0.1) is 0 Å². The van der Waals surface area contributed by atoms with Crippen molar-refractivity contribution >= 4 is 27.5 Å². The Balaban J connectivity index is 2.16. The summed E-state index contributed by atoms with van der Waals surface area (Å²) in [4.78, 5) is 16.6. The zero-order valence-electron chi connectivity index (χ0n) is 17.1. The van der Waals surface area contributed by atoms with Crippen LogP contribution >= 0.6 is 11.3 Å². The van der Waals surface area contributed by atoms with Crippen LogP contribution in [-0.2, 0) is 15.6 Å². The van der Waals surface area contributed by atoms with E-state index in [4.69, 9.17) is 9.72 Å². The normalized spacial score (nSPS) is 12.4. The van der Waals surface area contributed by atoms with Crippen LogP contribution in [0.4, 0.5) is 0 Å². The highest BCUT2D eigenvalue weighted by Crippen LogP contribution is 2.37. The van der Waals surface area contributed by atoms with Gasteiger partial charge < -0.3 is 4.74 Å². The molecule has 0 aliphatic carbocycles. The van der Waals surface area contributed by atoms with Crippen molar-refractivity contribution < 1.29 is 9.53 Å². The van der Waals surface area contributed by atoms with E-state index in [1.165, 1.54) is 18.2 Å². The number of methoxy groups -OCH3 is 1. The van der Waals surface area contributed by atoms with E-state index in [0.29, 0.717) is 5.56 Å². The molecule has 0 saturated heterocycles. The van der Waals surface area contributed by atoms with Crippen LogP contribution in [0.25, 0.3) is 20.8 Å². The van der Waals surface area contributed by atoms with Gasteiger partial charge in [0.1, 0.15) is 5.01 Å². The topological polar surface area (TPSA) is 39.2 Å². The molecule has 0 atom stereocenters. The molecule has 0 spiro atoms. The van der Waals surface area contributed by atoms with Gasteiger partial charge in [-0.25, -0.2) is 9.78 Å². The Kier molecular flexibility index (Phi) is 4.89. The summed E-state index contributed by atoms with van der Waals surface area (Å²) >= 11 is 1.61. The summed E-state index contributed by atoms with van der Waals surface area (Å²) in [5.74, 6) is -0.323. The number of fused-ring (bicyclic) bond motifs is 1. The lowest BCUT2D eigenvalue weighted by molar-refractivity contribution is 0.0601. The molecule has 142 valence electrons. The number of hydrogen-bond donors (Lipinski definition) is 0. The molecule has 0 unspecified atom stereocenters. The quantitative estimate of drug-likeness (QED) is 0.486. The van der Waals surface area contributed by atoms with E-state index in [9.17, 15) is 4.79 Å². The van der Waals surface area contributed by atoms with Crippen molar-refractivity contribution in [3.63, 3.8) is 0 Å². The second kappa shape index (κ2) is 6.75. The minimum Gasteiger partial charge on any atom is -0.465 e. The van der Waals surface area contributed by atoms with Gasteiger partial charge in [-0.05, 0) is 52.3 Å². The van der Waals surface area contributed by atoms with E-state index in [-0.39, 0.29) is 16.8 Å². The Hall–Kier alpha value is -2.20. The molecule has 0 bridgehead atoms. The van der Waals surface area contributed by atoms with Crippen molar-refractivity contribution in [2.75, 3.05) is 7.11 Å². The Morgan fingerprint density at radius 2 is 1.52 bits per heavy atom. The molecule has 1 aromatic heterocycles. The SMILES string of the molecule is COC(=O)c1ccc2nc(-c3cc(C(C)(C)C)cc(C(C)(C)C)c3)sc2c1. The summed E-state index contributed by atoms with van der Waals surface area (Å²) in [6.45, 7) is 13.4. The number of hydrogen-bond acceptors (Lipinski definition) is 4. The Morgan fingerprint density at radius 1 is 0.926 bits per heavy atom. The number of esters is 1. The molecule has 0 fully saturated rings. The van der Waals surface area contributed by atoms with Crippen LogP contribution in [0.2, 0.25) is 0 Å². The van der Waals surface area contributed by atoms with Crippen LogP contribution in [0.3, 0.4) is 0 Å². The minimum absolute atomic E-state index is 0.0603. The third-order valence-electron chi connectivity index (χ3n) is 4.72. The van der Waals surface area contributed by atoms with E-state index < -0.39 is 0 Å². The highest BCUT2D eigenvalue weighted by Gasteiger charge is 2.22. The zero-order valence-corrected chi connectivity index (χ0v) is 18.0. The Morgan fingerprint density at radius 3 is 2.04 bits per heavy atom. The van der Waals surface area contributed by atoms with Crippen LogP contribution in [0.15, 0.2) is 36.4 Å². The largest absolute Gasteiger partial charge is 0.465 e. The first-order valence-corrected chi connectivity index (χ1v) is 9.96. The van der Waals surface area contributed by atoms with Gasteiger partial charge in [-0.1, -0.05) is 47.6 Å². The van der Waals surface area contributed by atoms with Crippen LogP contribution in [0.5, 0.6) is 0 Å². The molecule has 3 rings (SSSR count). The molecule has 4 heteroatoms. The number of rotatable bonds is 2. The van der Waals surface area contributed by atoms with Crippen LogP contribution in [0.1, 0.15) is 63.0 Å². The first-order valence-electron chi connectivity index (χ1n) is 9.14. The van der Waals surface area contributed by atoms with Crippen molar-refractivity contribution in [3.8, 4) is 10.6 Å². The maximum absolute atomic E-state index is 11.8. The molecule has 1 heterocycles. The van der Waals surface area contributed by atoms with Gasteiger partial charge in [0.05, 0.1) is 22.9 Å². The molecular formula is C23H27NO2S. The predicted octanol–water partition coefficient (Wildman–Crippen LogP) is 6.34. The van der Waals surface area contributed by atoms with E-state index in [2.05, 4.69) is 59.7 Å². The first kappa shape index (κ1) is 19.6. The van der Waals surface area contributed by atoms with E-state index >= 15 is 0 Å². The standard InChI is InChI=1S/C23H27NO2S/c1-22(2,3)16-10-15(11-17(13-16)23(4,5)6)20-24-18-9-8-14(21(25)26-7)12-19(18)27-20/h8-13H,1-7H3. The molecular weight excluding hydrogens is 354 g/mol. The summed E-state index contributed by atoms with van der Waals surface area (Å²) in [6.07, 6.45) is 0. The van der Waals surface area contributed by atoms with Crippen molar-refractivity contribution in [1.29, 1.82) is 0 Å². The number of carbonyl (C=O) groups is 1. The first-order chi connectivity index (χ1) is 12.5. The fraction of sp³-hybridized carbons (Fsp3) is 0.391. The molecule has 2 aromatic carbocycles. The van der Waals surface area contributed by atoms with Crippen LogP contribution < -0.4 is 0 Å². The summed E-state index contributed by atoms with van der Waals surface area (Å²) < 4.78 is 5.82. The van der Waals surface area contributed by atoms with Crippen molar-refractivity contribution in [2.45, 2.75) is 52.4 Å². The van der Waals surface area contributed by atoms with Gasteiger partial charge in [0.15, 0.2) is 0 Å². The predicted molar refractivity (Wildman–Crippen MR) is 114 cm³/mol. The summed E-state index contributed by atoms with van der Waals surface area (Å²) in [7, 11) is 1.40. The van der Waals surface area contributed by atoms with Crippen molar-refractivity contribution in [1.82, 2.24) is 4.98 Å². The van der Waals surface area contributed by atoms with Gasteiger partial charge in [0.2, 0.25) is 0 Å². The number of thiazole rings is 1. The molecule has 0 amide bonds. The second-order valence-corrected chi connectivity index (χ2v) is 10.0. The highest BCUT2D eigenvalue weighted by molar-refractivity contribution is 7.21. The third kappa shape index (κ3) is 4.06. The zero-order chi connectivity index (χ0) is 20.0. The number of nitrogens with zero attached hydrogens (tertiary/aromatic N) is 1. The lowest BCUT2D eigenvalue weighted by Crippen LogP contribution is -2.16. The smallest absolute Gasteiger partial charge is 0.337 e. The van der Waals surface area contributed by atoms with E-state index in [1.54, 1.807) is 17.4 Å². The fourth-order valence-electron chi connectivity index (χ4n) is 2.91. The summed E-state index contributed by atoms with van der Waals surface area (Å²) in [5, 5.41) is 0.976. The molecule has 27 heavy (non-hydrogen) atoms. The Bertz CT molecular complexity index is 971. The number of carbonyl (C=O) groups excluding carboxylic acids is 1. The average Bonchev–Trinajstić information content (AvgIpc) is 3.02. The maximum Gasteiger partial charge on any atom is 0.337 e. The van der Waals surface area contributed by atoms with E-state index in [0.717, 1.165) is 20.8 Å². The van der Waals surface area contributed by atoms with Crippen LogP contribution in [-0.4, -0.2) is 18.1 Å². The molecule has 0 aliphatic heterocycles. The van der Waals surface area contributed by atoms with Gasteiger partial charge in [-0.15, -0.1) is 11.3 Å². The second-order valence-electron chi connectivity index (χ2n) is 8.99. The van der Waals surface area contributed by atoms with Gasteiger partial charge in [0, 0.05) is 5.56 Å². The fourth-order valence-corrected chi connectivity index (χ4v) is 3.90. The molecule has 0 aliphatic rings. The highest BCUT2D eigenvalue weighted by atomic mass is 32.1. The van der Waals surface area contributed by atoms with Crippen molar-refractivity contribution in [3.05, 3.63) is 53.1 Å². The van der Waals surface area contributed by atoms with Gasteiger partial charge in [-0.3, -0.25) is 0 Å². The van der Waals surface area contributed by atoms with E-state index in [1.807, 2.05) is 12.1 Å². The minimum atomic E-state index is -0.323. The Labute approximate surface area is 165 Å². The third-order valence-corrected chi connectivity index (χ3v) is 5.79. The van der Waals surface area contributed by atoms with Gasteiger partial charge >= 0.3 is 5.97 Å².